The molecule has 0 spiro atoms. The van der Waals surface area contributed by atoms with Crippen LogP contribution < -0.4 is 5.32 Å². The molecule has 3 aromatic heterocycles. The molecular weight excluding hydrogens is 240 g/mol. The maximum atomic E-state index is 4.64. The largest absolute Gasteiger partial charge is 0.369 e. The Bertz CT molecular complexity index is 724. The van der Waals surface area contributed by atoms with Crippen LogP contribution in [-0.2, 0) is 0 Å². The number of hydrogen-bond donors (Lipinski definition) is 1. The molecule has 19 heavy (non-hydrogen) atoms. The molecule has 0 fully saturated rings. The van der Waals surface area contributed by atoms with Gasteiger partial charge in [0.1, 0.15) is 12.1 Å². The van der Waals surface area contributed by atoms with Crippen molar-refractivity contribution in [2.45, 2.75) is 20.8 Å². The van der Waals surface area contributed by atoms with Crippen LogP contribution >= 0.6 is 0 Å². The van der Waals surface area contributed by atoms with Crippen LogP contribution in [0, 0.1) is 13.8 Å². The van der Waals surface area contributed by atoms with E-state index in [1.807, 2.05) is 42.1 Å². The number of rotatable bonds is 3. The van der Waals surface area contributed by atoms with Crippen molar-refractivity contribution in [2.24, 2.45) is 0 Å². The summed E-state index contributed by atoms with van der Waals surface area (Å²) in [7, 11) is 0. The Hall–Kier alpha value is -2.37. The van der Waals surface area contributed by atoms with Crippen molar-refractivity contribution in [3.8, 4) is 5.82 Å². The molecule has 0 radical (unpaired) electrons. The number of nitrogens with zero attached hydrogens (tertiary/aromatic N) is 5. The number of anilines is 1. The molecule has 0 aliphatic heterocycles. The molecule has 0 bridgehead atoms. The molecule has 1 N–H and O–H groups in total. The Kier molecular flexibility index (Phi) is 2.70. The summed E-state index contributed by atoms with van der Waals surface area (Å²) in [5.74, 6) is 1.62. The summed E-state index contributed by atoms with van der Waals surface area (Å²) < 4.78 is 3.94. The van der Waals surface area contributed by atoms with Crippen LogP contribution in [-0.4, -0.2) is 30.5 Å². The van der Waals surface area contributed by atoms with E-state index in [-0.39, 0.29) is 0 Å². The van der Waals surface area contributed by atoms with Gasteiger partial charge in [0.05, 0.1) is 11.9 Å². The monoisotopic (exact) mass is 256 g/mol. The fraction of sp³-hybridized carbons (Fsp3) is 0.308. The Balaban J connectivity index is 2.26. The third-order valence-electron chi connectivity index (χ3n) is 3.19. The third kappa shape index (κ3) is 1.85. The summed E-state index contributed by atoms with van der Waals surface area (Å²) in [4.78, 5) is 13.3. The average Bonchev–Trinajstić information content (AvgIpc) is 2.98. The van der Waals surface area contributed by atoms with Crippen LogP contribution in [0.4, 0.5) is 5.82 Å². The number of aryl methyl sites for hydroxylation is 1. The summed E-state index contributed by atoms with van der Waals surface area (Å²) in [6.07, 6.45) is 7.42. The molecule has 0 saturated heterocycles. The minimum Gasteiger partial charge on any atom is -0.369 e. The second-order valence-electron chi connectivity index (χ2n) is 4.42. The normalized spacial score (nSPS) is 11.1. The van der Waals surface area contributed by atoms with Gasteiger partial charge < -0.3 is 9.72 Å². The summed E-state index contributed by atoms with van der Waals surface area (Å²) in [6.45, 7) is 6.90. The van der Waals surface area contributed by atoms with E-state index in [2.05, 4.69) is 20.3 Å². The lowest BCUT2D eigenvalue weighted by molar-refractivity contribution is 0.932. The quantitative estimate of drug-likeness (QED) is 0.778. The van der Waals surface area contributed by atoms with Gasteiger partial charge in [-0.05, 0) is 20.8 Å². The van der Waals surface area contributed by atoms with Crippen LogP contribution in [0.3, 0.4) is 0 Å². The van der Waals surface area contributed by atoms with Gasteiger partial charge in [0.25, 0.3) is 0 Å². The lowest BCUT2D eigenvalue weighted by atomic mass is 10.4. The molecule has 6 nitrogen and oxygen atoms in total. The molecule has 3 heterocycles. The van der Waals surface area contributed by atoms with E-state index in [1.165, 1.54) is 0 Å². The predicted octanol–water partition coefficient (Wildman–Crippen LogP) is 1.96. The highest BCUT2D eigenvalue weighted by molar-refractivity contribution is 5.58. The molecule has 0 aliphatic rings. The molecule has 0 saturated carbocycles. The lowest BCUT2D eigenvalue weighted by Crippen LogP contribution is -2.07. The third-order valence-corrected chi connectivity index (χ3v) is 3.19. The standard InChI is InChI=1S/C13H16N6/c1-4-14-11-7-18-6-5-15-12(18)13(17-11)19-8-16-9(2)10(19)3/h5-8,14H,4H2,1-3H3. The maximum absolute atomic E-state index is 4.64. The summed E-state index contributed by atoms with van der Waals surface area (Å²) in [5.41, 5.74) is 2.90. The van der Waals surface area contributed by atoms with Gasteiger partial charge in [-0.15, -0.1) is 0 Å². The Morgan fingerprint density at radius 3 is 2.79 bits per heavy atom. The van der Waals surface area contributed by atoms with Crippen LogP contribution in [0.1, 0.15) is 18.3 Å². The number of aromatic nitrogens is 5. The topological polar surface area (TPSA) is 60.0 Å². The number of nitrogens with one attached hydrogen (secondary N) is 1. The van der Waals surface area contributed by atoms with E-state index < -0.39 is 0 Å². The van der Waals surface area contributed by atoms with Crippen molar-refractivity contribution < 1.29 is 0 Å². The van der Waals surface area contributed by atoms with Gasteiger partial charge >= 0.3 is 0 Å². The zero-order valence-corrected chi connectivity index (χ0v) is 11.3. The van der Waals surface area contributed by atoms with Crippen LogP contribution in [0.5, 0.6) is 0 Å². The van der Waals surface area contributed by atoms with Gasteiger partial charge in [-0.2, -0.15) is 0 Å². The van der Waals surface area contributed by atoms with E-state index in [1.54, 1.807) is 12.5 Å². The molecular formula is C13H16N6. The van der Waals surface area contributed by atoms with Crippen LogP contribution in [0.2, 0.25) is 0 Å². The van der Waals surface area contributed by atoms with E-state index in [4.69, 9.17) is 0 Å². The molecule has 0 amide bonds. The van der Waals surface area contributed by atoms with Crippen molar-refractivity contribution in [2.75, 3.05) is 11.9 Å². The molecule has 3 rings (SSSR count). The molecule has 98 valence electrons. The fourth-order valence-corrected chi connectivity index (χ4v) is 2.06. The van der Waals surface area contributed by atoms with Crippen molar-refractivity contribution >= 4 is 11.5 Å². The van der Waals surface area contributed by atoms with E-state index in [0.29, 0.717) is 0 Å². The average molecular weight is 256 g/mol. The van der Waals surface area contributed by atoms with Gasteiger partial charge in [0, 0.05) is 24.6 Å². The van der Waals surface area contributed by atoms with Crippen LogP contribution in [0.25, 0.3) is 11.5 Å². The molecule has 0 aliphatic carbocycles. The first kappa shape index (κ1) is 11.7. The van der Waals surface area contributed by atoms with Gasteiger partial charge in [0.2, 0.25) is 0 Å². The number of hydrogen-bond acceptors (Lipinski definition) is 4. The first-order valence-electron chi connectivity index (χ1n) is 6.29. The minimum atomic E-state index is 0.793. The Morgan fingerprint density at radius 2 is 2.11 bits per heavy atom. The molecule has 6 heteroatoms. The molecule has 0 unspecified atom stereocenters. The van der Waals surface area contributed by atoms with Gasteiger partial charge in [-0.1, -0.05) is 0 Å². The van der Waals surface area contributed by atoms with Crippen molar-refractivity contribution in [3.63, 3.8) is 0 Å². The Labute approximate surface area is 111 Å². The van der Waals surface area contributed by atoms with E-state index in [0.717, 1.165) is 35.2 Å². The van der Waals surface area contributed by atoms with Gasteiger partial charge in [-0.3, -0.25) is 4.57 Å². The van der Waals surface area contributed by atoms with Crippen molar-refractivity contribution in [3.05, 3.63) is 36.3 Å². The summed E-state index contributed by atoms with van der Waals surface area (Å²) >= 11 is 0. The summed E-state index contributed by atoms with van der Waals surface area (Å²) in [6, 6.07) is 0. The molecule has 0 aromatic carbocycles. The van der Waals surface area contributed by atoms with Gasteiger partial charge in [-0.25, -0.2) is 15.0 Å². The highest BCUT2D eigenvalue weighted by Crippen LogP contribution is 2.18. The Morgan fingerprint density at radius 1 is 1.26 bits per heavy atom. The SMILES string of the molecule is CCNc1cn2ccnc2c(-n2cnc(C)c2C)n1. The number of imidazole rings is 2. The van der Waals surface area contributed by atoms with Crippen LogP contribution in [0.15, 0.2) is 24.9 Å². The summed E-state index contributed by atoms with van der Waals surface area (Å²) in [5, 5.41) is 3.23. The van der Waals surface area contributed by atoms with Crippen molar-refractivity contribution in [1.29, 1.82) is 0 Å². The second kappa shape index (κ2) is 4.38. The van der Waals surface area contributed by atoms with Crippen molar-refractivity contribution in [1.82, 2.24) is 23.9 Å². The molecule has 0 atom stereocenters. The maximum Gasteiger partial charge on any atom is 0.184 e. The minimum absolute atomic E-state index is 0.793. The number of fused-ring (bicyclic) bond motifs is 1. The highest BCUT2D eigenvalue weighted by atomic mass is 15.2. The molecule has 3 aromatic rings. The zero-order valence-electron chi connectivity index (χ0n) is 11.3. The zero-order chi connectivity index (χ0) is 13.4. The van der Waals surface area contributed by atoms with E-state index in [9.17, 15) is 0 Å². The predicted molar refractivity (Wildman–Crippen MR) is 73.7 cm³/mol. The fourth-order valence-electron chi connectivity index (χ4n) is 2.06. The highest BCUT2D eigenvalue weighted by Gasteiger charge is 2.12. The van der Waals surface area contributed by atoms with Gasteiger partial charge in [0.15, 0.2) is 11.5 Å². The smallest absolute Gasteiger partial charge is 0.184 e. The van der Waals surface area contributed by atoms with E-state index >= 15 is 0 Å². The first-order valence-corrected chi connectivity index (χ1v) is 6.29. The second-order valence-corrected chi connectivity index (χ2v) is 4.42. The first-order chi connectivity index (χ1) is 9.20. The lowest BCUT2D eigenvalue weighted by Gasteiger charge is -2.10.